The highest BCUT2D eigenvalue weighted by atomic mass is 79.9. The van der Waals surface area contributed by atoms with Crippen LogP contribution in [0.3, 0.4) is 0 Å². The summed E-state index contributed by atoms with van der Waals surface area (Å²) >= 11 is 9.31. The monoisotopic (exact) mass is 436 g/mol. The summed E-state index contributed by atoms with van der Waals surface area (Å²) in [6, 6.07) is 4.35. The van der Waals surface area contributed by atoms with Crippen LogP contribution in [0.25, 0.3) is 0 Å². The lowest BCUT2D eigenvalue weighted by Gasteiger charge is -2.34. The van der Waals surface area contributed by atoms with E-state index in [2.05, 4.69) is 25.6 Å². The van der Waals surface area contributed by atoms with E-state index in [9.17, 15) is 13.2 Å². The Balaban J connectivity index is 1.62. The summed E-state index contributed by atoms with van der Waals surface area (Å²) in [6.45, 7) is 1.81. The zero-order valence-corrected chi connectivity index (χ0v) is 16.0. The minimum absolute atomic E-state index is 0.0779. The topological polar surface area (TPSA) is 75.7 Å². The number of nitrogens with zero attached hydrogens (tertiary/aromatic N) is 1. The van der Waals surface area contributed by atoms with Gasteiger partial charge in [-0.25, -0.2) is 13.1 Å². The molecule has 1 atom stereocenters. The Bertz CT molecular complexity index is 735. The summed E-state index contributed by atoms with van der Waals surface area (Å²) in [4.78, 5) is 13.8. The van der Waals surface area contributed by atoms with Crippen molar-refractivity contribution < 1.29 is 17.9 Å². The molecule has 132 valence electrons. The summed E-state index contributed by atoms with van der Waals surface area (Å²) in [5.41, 5.74) is 0. The van der Waals surface area contributed by atoms with Crippen molar-refractivity contribution in [2.24, 2.45) is 0 Å². The molecule has 3 rings (SSSR count). The Morgan fingerprint density at radius 3 is 2.54 bits per heavy atom. The molecule has 2 saturated heterocycles. The molecule has 2 aliphatic heterocycles. The minimum atomic E-state index is -3.67. The number of nitrogens with one attached hydrogen (secondary N) is 1. The van der Waals surface area contributed by atoms with Gasteiger partial charge in [-0.15, -0.1) is 0 Å². The molecule has 9 heteroatoms. The minimum Gasteiger partial charge on any atom is -0.464 e. The standard InChI is InChI=1S/C15H18BrClN2O4S/c16-10-1-2-14(12(17)9-10)24(21,22)18-11-3-6-19(7-4-11)13-5-8-23-15(13)20/h1-2,9,11,13,18H,3-8H2/t13-/m1/s1. The third kappa shape index (κ3) is 3.94. The number of benzene rings is 1. The van der Waals surface area contributed by atoms with Crippen LogP contribution in [0.2, 0.25) is 5.02 Å². The van der Waals surface area contributed by atoms with Gasteiger partial charge < -0.3 is 4.74 Å². The van der Waals surface area contributed by atoms with E-state index in [1.165, 1.54) is 6.07 Å². The number of halogens is 2. The van der Waals surface area contributed by atoms with Crippen LogP contribution in [0.5, 0.6) is 0 Å². The maximum absolute atomic E-state index is 12.5. The fourth-order valence-electron chi connectivity index (χ4n) is 3.12. The number of hydrogen-bond donors (Lipinski definition) is 1. The number of hydrogen-bond acceptors (Lipinski definition) is 5. The second-order valence-electron chi connectivity index (χ2n) is 5.98. The third-order valence-corrected chi connectivity index (χ3v) is 6.88. The number of likely N-dealkylation sites (tertiary alicyclic amines) is 1. The highest BCUT2D eigenvalue weighted by Gasteiger charge is 2.35. The zero-order valence-electron chi connectivity index (χ0n) is 12.9. The number of esters is 1. The molecule has 0 spiro atoms. The lowest BCUT2D eigenvalue weighted by atomic mass is 10.0. The SMILES string of the molecule is O=C1OCC[C@H]1N1CCC(NS(=O)(=O)c2ccc(Br)cc2Cl)CC1. The van der Waals surface area contributed by atoms with E-state index in [1.54, 1.807) is 12.1 Å². The normalized spacial score (nSPS) is 23.4. The maximum Gasteiger partial charge on any atom is 0.323 e. The number of rotatable bonds is 4. The van der Waals surface area contributed by atoms with Crippen LogP contribution in [-0.2, 0) is 19.6 Å². The lowest BCUT2D eigenvalue weighted by molar-refractivity contribution is -0.142. The van der Waals surface area contributed by atoms with Gasteiger partial charge in [0.1, 0.15) is 10.9 Å². The molecule has 2 aliphatic rings. The molecular formula is C15H18BrClN2O4S. The van der Waals surface area contributed by atoms with Gasteiger partial charge in [0.05, 0.1) is 11.6 Å². The van der Waals surface area contributed by atoms with Crippen molar-refractivity contribution in [3.8, 4) is 0 Å². The van der Waals surface area contributed by atoms with Crippen molar-refractivity contribution in [1.82, 2.24) is 9.62 Å². The maximum atomic E-state index is 12.5. The summed E-state index contributed by atoms with van der Waals surface area (Å²) < 4.78 is 33.5. The molecule has 0 bridgehead atoms. The number of ether oxygens (including phenoxy) is 1. The van der Waals surface area contributed by atoms with Crippen molar-refractivity contribution in [1.29, 1.82) is 0 Å². The lowest BCUT2D eigenvalue weighted by Crippen LogP contribution is -2.49. The Morgan fingerprint density at radius 1 is 1.25 bits per heavy atom. The number of sulfonamides is 1. The first-order valence-corrected chi connectivity index (χ1v) is 10.4. The molecule has 0 radical (unpaired) electrons. The molecule has 0 amide bonds. The molecule has 1 aromatic carbocycles. The fourth-order valence-corrected chi connectivity index (χ4v) is 5.46. The number of carbonyl (C=O) groups is 1. The zero-order chi connectivity index (χ0) is 17.3. The van der Waals surface area contributed by atoms with Gasteiger partial charge in [-0.1, -0.05) is 27.5 Å². The number of piperidine rings is 1. The second kappa shape index (κ2) is 7.29. The van der Waals surface area contributed by atoms with E-state index in [4.69, 9.17) is 16.3 Å². The smallest absolute Gasteiger partial charge is 0.323 e. The predicted octanol–water partition coefficient (Wildman–Crippen LogP) is 2.16. The van der Waals surface area contributed by atoms with Gasteiger partial charge in [0, 0.05) is 30.0 Å². The molecule has 1 aromatic rings. The molecule has 0 saturated carbocycles. The van der Waals surface area contributed by atoms with E-state index < -0.39 is 10.0 Å². The van der Waals surface area contributed by atoms with E-state index >= 15 is 0 Å². The quantitative estimate of drug-likeness (QED) is 0.731. The van der Waals surface area contributed by atoms with Crippen LogP contribution in [0.15, 0.2) is 27.6 Å². The van der Waals surface area contributed by atoms with Crippen molar-refractivity contribution in [2.45, 2.75) is 36.2 Å². The summed E-state index contributed by atoms with van der Waals surface area (Å²) in [5, 5.41) is 0.183. The molecular weight excluding hydrogens is 420 g/mol. The Hall–Kier alpha value is -0.670. The molecule has 1 N–H and O–H groups in total. The van der Waals surface area contributed by atoms with Gasteiger partial charge in [0.15, 0.2) is 0 Å². The van der Waals surface area contributed by atoms with Gasteiger partial charge in [0.2, 0.25) is 10.0 Å². The van der Waals surface area contributed by atoms with Crippen LogP contribution in [-0.4, -0.2) is 51.1 Å². The average molecular weight is 438 g/mol. The van der Waals surface area contributed by atoms with E-state index in [0.29, 0.717) is 39.0 Å². The first-order chi connectivity index (χ1) is 11.4. The van der Waals surface area contributed by atoms with Crippen molar-refractivity contribution in [3.05, 3.63) is 27.7 Å². The average Bonchev–Trinajstić information content (AvgIpc) is 2.93. The molecule has 24 heavy (non-hydrogen) atoms. The Kier molecular flexibility index (Phi) is 5.51. The largest absolute Gasteiger partial charge is 0.464 e. The Labute approximate surface area is 154 Å². The molecule has 2 heterocycles. The summed E-state index contributed by atoms with van der Waals surface area (Å²) in [7, 11) is -3.67. The first-order valence-electron chi connectivity index (χ1n) is 7.75. The molecule has 0 aliphatic carbocycles. The van der Waals surface area contributed by atoms with Crippen molar-refractivity contribution in [2.75, 3.05) is 19.7 Å². The Morgan fingerprint density at radius 2 is 1.96 bits per heavy atom. The van der Waals surface area contributed by atoms with Gasteiger partial charge >= 0.3 is 5.97 Å². The number of cyclic esters (lactones) is 1. The number of carbonyl (C=O) groups excluding carboxylic acids is 1. The predicted molar refractivity (Wildman–Crippen MR) is 93.4 cm³/mol. The molecule has 0 unspecified atom stereocenters. The van der Waals surface area contributed by atoms with E-state index in [1.807, 2.05) is 0 Å². The van der Waals surface area contributed by atoms with Gasteiger partial charge in [-0.2, -0.15) is 0 Å². The van der Waals surface area contributed by atoms with E-state index in [-0.39, 0.29) is 28.0 Å². The summed E-state index contributed by atoms with van der Waals surface area (Å²) in [6.07, 6.45) is 2.01. The van der Waals surface area contributed by atoms with Crippen LogP contribution in [0, 0.1) is 0 Å². The van der Waals surface area contributed by atoms with Crippen LogP contribution >= 0.6 is 27.5 Å². The molecule has 0 aromatic heterocycles. The third-order valence-electron chi connectivity index (χ3n) is 4.38. The van der Waals surface area contributed by atoms with E-state index in [0.717, 1.165) is 4.47 Å². The van der Waals surface area contributed by atoms with Crippen LogP contribution in [0.1, 0.15) is 19.3 Å². The highest BCUT2D eigenvalue weighted by Crippen LogP contribution is 2.26. The van der Waals surface area contributed by atoms with Crippen LogP contribution in [0.4, 0.5) is 0 Å². The first kappa shape index (κ1) is 18.1. The highest BCUT2D eigenvalue weighted by molar-refractivity contribution is 9.10. The van der Waals surface area contributed by atoms with Gasteiger partial charge in [-0.05, 0) is 31.0 Å². The van der Waals surface area contributed by atoms with Gasteiger partial charge in [-0.3, -0.25) is 9.69 Å². The molecule has 2 fully saturated rings. The summed E-state index contributed by atoms with van der Waals surface area (Å²) in [5.74, 6) is -0.171. The fraction of sp³-hybridized carbons (Fsp3) is 0.533. The van der Waals surface area contributed by atoms with Crippen molar-refractivity contribution in [3.63, 3.8) is 0 Å². The van der Waals surface area contributed by atoms with Crippen LogP contribution < -0.4 is 4.72 Å². The van der Waals surface area contributed by atoms with Gasteiger partial charge in [0.25, 0.3) is 0 Å². The second-order valence-corrected chi connectivity index (χ2v) is 8.98. The van der Waals surface area contributed by atoms with Crippen molar-refractivity contribution >= 4 is 43.5 Å². The molecule has 6 nitrogen and oxygen atoms in total.